The highest BCUT2D eigenvalue weighted by atomic mass is 127. The molecule has 0 fully saturated rings. The predicted molar refractivity (Wildman–Crippen MR) is 164 cm³/mol. The average Bonchev–Trinajstić information content (AvgIpc) is 2.96. The number of hydrogen-bond acceptors (Lipinski definition) is 6. The van der Waals surface area contributed by atoms with Gasteiger partial charge in [-0.1, -0.05) is 31.2 Å². The van der Waals surface area contributed by atoms with Crippen molar-refractivity contribution >= 4 is 45.8 Å². The number of halogens is 2. The van der Waals surface area contributed by atoms with E-state index in [-0.39, 0.29) is 35.1 Å². The van der Waals surface area contributed by atoms with Gasteiger partial charge in [0.1, 0.15) is 34.4 Å². The van der Waals surface area contributed by atoms with E-state index in [0.717, 1.165) is 5.56 Å². The Morgan fingerprint density at radius 2 is 1.76 bits per heavy atom. The molecular weight excluding hydrogens is 640 g/mol. The monoisotopic (exact) mass is 669 g/mol. The fraction of sp³-hybridized carbons (Fsp3) is 0.194. The van der Waals surface area contributed by atoms with E-state index in [2.05, 4.69) is 10.6 Å². The summed E-state index contributed by atoms with van der Waals surface area (Å²) in [7, 11) is 3.05. The molecule has 10 heteroatoms. The van der Waals surface area contributed by atoms with Crippen LogP contribution in [0.15, 0.2) is 71.5 Å². The molecule has 0 unspecified atom stereocenters. The van der Waals surface area contributed by atoms with E-state index in [1.807, 2.05) is 34.7 Å². The van der Waals surface area contributed by atoms with Crippen LogP contribution in [0.3, 0.4) is 0 Å². The van der Waals surface area contributed by atoms with Crippen LogP contribution in [0, 0.1) is 16.3 Å². The molecule has 0 atom stereocenters. The Kier molecular flexibility index (Phi) is 9.43. The zero-order valence-corrected chi connectivity index (χ0v) is 25.2. The van der Waals surface area contributed by atoms with Gasteiger partial charge in [-0.25, -0.2) is 4.39 Å². The number of benzene rings is 3. The molecule has 0 bridgehead atoms. The third kappa shape index (κ3) is 6.76. The van der Waals surface area contributed by atoms with E-state index >= 15 is 0 Å². The van der Waals surface area contributed by atoms with Crippen molar-refractivity contribution in [2.75, 3.05) is 12.4 Å². The SMILES string of the molecule is CCC(=O)c1cccc(Oc2cc(=O)n(C)c(Nc3ccc(I)cc3F)c2C(=O)NCc2ccc(OC)cc2)c1C. The summed E-state index contributed by atoms with van der Waals surface area (Å²) in [5, 5.41) is 5.79. The van der Waals surface area contributed by atoms with Gasteiger partial charge in [-0.3, -0.25) is 19.0 Å². The largest absolute Gasteiger partial charge is 0.497 e. The maximum Gasteiger partial charge on any atom is 0.259 e. The van der Waals surface area contributed by atoms with Gasteiger partial charge in [0.25, 0.3) is 11.5 Å². The molecule has 1 heterocycles. The molecule has 0 saturated carbocycles. The average molecular weight is 669 g/mol. The molecule has 2 N–H and O–H groups in total. The van der Waals surface area contributed by atoms with Gasteiger partial charge < -0.3 is 20.1 Å². The number of Topliss-reactive ketones (excluding diaryl/α,β-unsaturated/α-hetero) is 1. The van der Waals surface area contributed by atoms with Crippen LogP contribution in [-0.2, 0) is 13.6 Å². The topological polar surface area (TPSA) is 98.7 Å². The first-order chi connectivity index (χ1) is 19.6. The van der Waals surface area contributed by atoms with Gasteiger partial charge >= 0.3 is 0 Å². The van der Waals surface area contributed by atoms with Gasteiger partial charge in [0, 0.05) is 40.8 Å². The highest BCUT2D eigenvalue weighted by Gasteiger charge is 2.24. The Bertz CT molecular complexity index is 1670. The second kappa shape index (κ2) is 13.0. The van der Waals surface area contributed by atoms with E-state index in [1.54, 1.807) is 57.4 Å². The van der Waals surface area contributed by atoms with Crippen LogP contribution < -0.4 is 25.7 Å². The van der Waals surface area contributed by atoms with Crippen LogP contribution in [-0.4, -0.2) is 23.4 Å². The quantitative estimate of drug-likeness (QED) is 0.148. The second-order valence-electron chi connectivity index (χ2n) is 9.22. The van der Waals surface area contributed by atoms with Crippen molar-refractivity contribution in [3.8, 4) is 17.2 Å². The van der Waals surface area contributed by atoms with Crippen LogP contribution in [0.2, 0.25) is 0 Å². The summed E-state index contributed by atoms with van der Waals surface area (Å²) in [5.41, 5.74) is 1.45. The normalized spacial score (nSPS) is 10.7. The summed E-state index contributed by atoms with van der Waals surface area (Å²) in [6.45, 7) is 3.67. The number of pyridine rings is 1. The summed E-state index contributed by atoms with van der Waals surface area (Å²) in [4.78, 5) is 39.3. The molecule has 0 aliphatic heterocycles. The third-order valence-electron chi connectivity index (χ3n) is 6.55. The molecule has 1 amide bonds. The van der Waals surface area contributed by atoms with E-state index in [4.69, 9.17) is 9.47 Å². The number of aromatic nitrogens is 1. The smallest absolute Gasteiger partial charge is 0.259 e. The van der Waals surface area contributed by atoms with Gasteiger partial charge in [0.2, 0.25) is 0 Å². The van der Waals surface area contributed by atoms with Crippen LogP contribution in [0.5, 0.6) is 17.2 Å². The van der Waals surface area contributed by atoms with Gasteiger partial charge in [-0.15, -0.1) is 0 Å². The predicted octanol–water partition coefficient (Wildman–Crippen LogP) is 6.50. The number of carbonyl (C=O) groups is 2. The Morgan fingerprint density at radius 3 is 2.41 bits per heavy atom. The Hall–Kier alpha value is -4.19. The third-order valence-corrected chi connectivity index (χ3v) is 7.22. The van der Waals surface area contributed by atoms with Crippen LogP contribution in [0.1, 0.15) is 45.2 Å². The molecule has 0 saturated heterocycles. The minimum Gasteiger partial charge on any atom is -0.497 e. The zero-order valence-electron chi connectivity index (χ0n) is 23.0. The van der Waals surface area contributed by atoms with Gasteiger partial charge in [-0.2, -0.15) is 0 Å². The van der Waals surface area contributed by atoms with Gasteiger partial charge in [-0.05, 0) is 71.5 Å². The Balaban J connectivity index is 1.80. The molecule has 1 aromatic heterocycles. The Labute approximate surface area is 250 Å². The van der Waals surface area contributed by atoms with E-state index < -0.39 is 17.3 Å². The number of hydrogen-bond donors (Lipinski definition) is 2. The lowest BCUT2D eigenvalue weighted by Crippen LogP contribution is -2.29. The van der Waals surface area contributed by atoms with Crippen molar-refractivity contribution in [2.24, 2.45) is 7.05 Å². The summed E-state index contributed by atoms with van der Waals surface area (Å²) < 4.78 is 28.1. The minimum atomic E-state index is -0.557. The van der Waals surface area contributed by atoms with Crippen molar-refractivity contribution in [1.82, 2.24) is 9.88 Å². The molecule has 4 aromatic rings. The fourth-order valence-corrected chi connectivity index (χ4v) is 4.64. The second-order valence-corrected chi connectivity index (χ2v) is 10.5. The maximum absolute atomic E-state index is 14.9. The molecule has 41 heavy (non-hydrogen) atoms. The van der Waals surface area contributed by atoms with Gasteiger partial charge in [0.05, 0.1) is 12.8 Å². The van der Waals surface area contributed by atoms with Crippen LogP contribution >= 0.6 is 22.6 Å². The van der Waals surface area contributed by atoms with Crippen LogP contribution in [0.25, 0.3) is 0 Å². The standard InChI is InChI=1S/C31H29FIN3O5/c1-5-25(37)22-7-6-8-26(18(22)2)41-27-16-28(38)36(3)30(35-24-14-11-20(33)15-23(24)32)29(27)31(39)34-17-19-9-12-21(40-4)13-10-19/h6-16,35H,5,17H2,1-4H3,(H,34,39). The number of anilines is 2. The van der Waals surface area contributed by atoms with Crippen molar-refractivity contribution in [1.29, 1.82) is 0 Å². The van der Waals surface area contributed by atoms with Crippen LogP contribution in [0.4, 0.5) is 15.9 Å². The maximum atomic E-state index is 14.9. The highest BCUT2D eigenvalue weighted by molar-refractivity contribution is 14.1. The number of rotatable bonds is 10. The number of carbonyl (C=O) groups excluding carboxylic acids is 2. The Morgan fingerprint density at radius 1 is 1.02 bits per heavy atom. The summed E-state index contributed by atoms with van der Waals surface area (Å²) >= 11 is 1.99. The number of ether oxygens (including phenoxy) is 2. The molecule has 212 valence electrons. The number of nitrogens with one attached hydrogen (secondary N) is 2. The van der Waals surface area contributed by atoms with E-state index in [1.165, 1.54) is 29.8 Å². The summed E-state index contributed by atoms with van der Waals surface area (Å²) in [5.74, 6) is -0.186. The molecule has 0 aliphatic carbocycles. The van der Waals surface area contributed by atoms with E-state index in [0.29, 0.717) is 32.6 Å². The molecule has 0 spiro atoms. The minimum absolute atomic E-state index is 0.00909. The first-order valence-corrected chi connectivity index (χ1v) is 13.9. The number of ketones is 1. The lowest BCUT2D eigenvalue weighted by Gasteiger charge is -2.20. The lowest BCUT2D eigenvalue weighted by atomic mass is 10.0. The number of nitrogens with zero attached hydrogens (tertiary/aromatic N) is 1. The summed E-state index contributed by atoms with van der Waals surface area (Å²) in [6, 6.07) is 18.0. The van der Waals surface area contributed by atoms with Crippen molar-refractivity contribution in [2.45, 2.75) is 26.8 Å². The molecule has 0 aliphatic rings. The van der Waals surface area contributed by atoms with Crippen molar-refractivity contribution in [3.63, 3.8) is 0 Å². The molecule has 4 rings (SSSR count). The molecule has 8 nitrogen and oxygen atoms in total. The number of methoxy groups -OCH3 is 1. The van der Waals surface area contributed by atoms with E-state index in [9.17, 15) is 18.8 Å². The molecular formula is C31H29FIN3O5. The summed E-state index contributed by atoms with van der Waals surface area (Å²) in [6.07, 6.45) is 0.310. The van der Waals surface area contributed by atoms with Gasteiger partial charge in [0.15, 0.2) is 5.78 Å². The zero-order chi connectivity index (χ0) is 29.7. The fourth-order valence-electron chi connectivity index (χ4n) is 4.19. The first-order valence-electron chi connectivity index (χ1n) is 12.8. The van der Waals surface area contributed by atoms with Crippen molar-refractivity contribution in [3.05, 3.63) is 109 Å². The van der Waals surface area contributed by atoms with Crippen molar-refractivity contribution < 1.29 is 23.5 Å². The molecule has 3 aromatic carbocycles. The highest BCUT2D eigenvalue weighted by Crippen LogP contribution is 2.34. The number of amides is 1. The lowest BCUT2D eigenvalue weighted by molar-refractivity contribution is 0.0946. The molecule has 0 radical (unpaired) electrons. The first kappa shape index (κ1) is 29.8.